The predicted octanol–water partition coefficient (Wildman–Crippen LogP) is 2.44. The highest BCUT2D eigenvalue weighted by atomic mass is 32.2. The van der Waals surface area contributed by atoms with Crippen LogP contribution in [0.3, 0.4) is 0 Å². The maximum absolute atomic E-state index is 11.8. The van der Waals surface area contributed by atoms with Gasteiger partial charge in [0.05, 0.1) is 16.3 Å². The Kier molecular flexibility index (Phi) is 3.40. The summed E-state index contributed by atoms with van der Waals surface area (Å²) in [6.45, 7) is 0.985. The number of para-hydroxylation sites is 1. The van der Waals surface area contributed by atoms with Crippen LogP contribution in [0, 0.1) is 5.92 Å². The second kappa shape index (κ2) is 4.95. The van der Waals surface area contributed by atoms with E-state index >= 15 is 0 Å². The molecule has 4 nitrogen and oxygen atoms in total. The van der Waals surface area contributed by atoms with Crippen LogP contribution in [0.2, 0.25) is 0 Å². The minimum atomic E-state index is -3.27. The molecule has 2 unspecified atom stereocenters. The lowest BCUT2D eigenvalue weighted by atomic mass is 9.91. The van der Waals surface area contributed by atoms with Crippen LogP contribution in [0.15, 0.2) is 23.1 Å². The molecule has 5 heteroatoms. The van der Waals surface area contributed by atoms with E-state index in [1.807, 2.05) is 6.07 Å². The molecule has 2 aliphatic rings. The standard InChI is InChI=1S/C15H22N2O2S/c1-20(18,19)14-9-3-8-13(15(14)16)17-10-4-6-11-5-2-7-12(11)17/h3,8-9,11-12H,2,4-7,10,16H2,1H3. The average molecular weight is 294 g/mol. The lowest BCUT2D eigenvalue weighted by molar-refractivity contribution is 0.362. The fourth-order valence-corrected chi connectivity index (χ4v) is 4.69. The Hall–Kier alpha value is -1.23. The molecule has 0 aromatic heterocycles. The van der Waals surface area contributed by atoms with Gasteiger partial charge in [-0.15, -0.1) is 0 Å². The number of benzene rings is 1. The molecular formula is C15H22N2O2S. The van der Waals surface area contributed by atoms with Crippen molar-refractivity contribution in [2.24, 2.45) is 5.92 Å². The first-order valence-corrected chi connectivity index (χ1v) is 9.23. The maximum Gasteiger partial charge on any atom is 0.177 e. The van der Waals surface area contributed by atoms with E-state index in [1.54, 1.807) is 12.1 Å². The van der Waals surface area contributed by atoms with Gasteiger partial charge in [-0.25, -0.2) is 8.42 Å². The molecule has 20 heavy (non-hydrogen) atoms. The third-order valence-electron chi connectivity index (χ3n) is 4.75. The summed E-state index contributed by atoms with van der Waals surface area (Å²) in [7, 11) is -3.27. The minimum absolute atomic E-state index is 0.259. The van der Waals surface area contributed by atoms with E-state index in [-0.39, 0.29) is 4.90 Å². The molecule has 110 valence electrons. The number of rotatable bonds is 2. The molecule has 1 aliphatic carbocycles. The zero-order valence-corrected chi connectivity index (χ0v) is 12.7. The number of nitrogen functional groups attached to an aromatic ring is 1. The van der Waals surface area contributed by atoms with Crippen LogP contribution >= 0.6 is 0 Å². The van der Waals surface area contributed by atoms with E-state index in [9.17, 15) is 8.42 Å². The molecule has 2 N–H and O–H groups in total. The first-order valence-electron chi connectivity index (χ1n) is 7.33. The van der Waals surface area contributed by atoms with Crippen LogP contribution in [-0.2, 0) is 9.84 Å². The SMILES string of the molecule is CS(=O)(=O)c1cccc(N2CCCC3CCCC32)c1N. The Bertz CT molecular complexity index is 612. The fraction of sp³-hybridized carbons (Fsp3) is 0.600. The second-order valence-electron chi connectivity index (χ2n) is 6.06. The van der Waals surface area contributed by atoms with Crippen molar-refractivity contribution in [3.8, 4) is 0 Å². The van der Waals surface area contributed by atoms with Gasteiger partial charge in [-0.2, -0.15) is 0 Å². The quantitative estimate of drug-likeness (QED) is 0.851. The number of sulfone groups is 1. The molecule has 2 fully saturated rings. The molecule has 0 amide bonds. The van der Waals surface area contributed by atoms with Crippen molar-refractivity contribution in [1.82, 2.24) is 0 Å². The van der Waals surface area contributed by atoms with Crippen molar-refractivity contribution in [2.75, 3.05) is 23.4 Å². The van der Waals surface area contributed by atoms with Crippen LogP contribution in [0.1, 0.15) is 32.1 Å². The first kappa shape index (κ1) is 13.7. The molecule has 1 aliphatic heterocycles. The Morgan fingerprint density at radius 1 is 1.20 bits per heavy atom. The second-order valence-corrected chi connectivity index (χ2v) is 8.04. The highest BCUT2D eigenvalue weighted by Crippen LogP contribution is 2.41. The van der Waals surface area contributed by atoms with Crippen molar-refractivity contribution < 1.29 is 8.42 Å². The Balaban J connectivity index is 2.02. The lowest BCUT2D eigenvalue weighted by Crippen LogP contribution is -2.43. The van der Waals surface area contributed by atoms with Crippen LogP contribution in [0.25, 0.3) is 0 Å². The fourth-order valence-electron chi connectivity index (χ4n) is 3.86. The zero-order valence-electron chi connectivity index (χ0n) is 11.9. The third kappa shape index (κ3) is 2.28. The zero-order chi connectivity index (χ0) is 14.3. The summed E-state index contributed by atoms with van der Waals surface area (Å²) in [6, 6.07) is 5.91. The van der Waals surface area contributed by atoms with Gasteiger partial charge in [-0.05, 0) is 43.7 Å². The Morgan fingerprint density at radius 3 is 2.70 bits per heavy atom. The number of hydrogen-bond acceptors (Lipinski definition) is 4. The maximum atomic E-state index is 11.8. The summed E-state index contributed by atoms with van der Waals surface area (Å²) in [4.78, 5) is 2.61. The summed E-state index contributed by atoms with van der Waals surface area (Å²) in [6.07, 6.45) is 7.46. The van der Waals surface area contributed by atoms with Crippen molar-refractivity contribution in [2.45, 2.75) is 43.0 Å². The summed E-state index contributed by atoms with van der Waals surface area (Å²) in [5.41, 5.74) is 7.49. The van der Waals surface area contributed by atoms with Crippen molar-refractivity contribution in [1.29, 1.82) is 0 Å². The van der Waals surface area contributed by atoms with E-state index in [0.29, 0.717) is 11.7 Å². The number of nitrogens with two attached hydrogens (primary N) is 1. The molecule has 2 atom stereocenters. The number of hydrogen-bond donors (Lipinski definition) is 1. The van der Waals surface area contributed by atoms with Gasteiger partial charge in [0.2, 0.25) is 0 Å². The van der Waals surface area contributed by atoms with Gasteiger partial charge in [-0.1, -0.05) is 12.5 Å². The highest BCUT2D eigenvalue weighted by molar-refractivity contribution is 7.90. The van der Waals surface area contributed by atoms with E-state index in [1.165, 1.54) is 38.4 Å². The van der Waals surface area contributed by atoms with Gasteiger partial charge in [-0.3, -0.25) is 0 Å². The number of fused-ring (bicyclic) bond motifs is 1. The molecule has 1 aromatic rings. The molecular weight excluding hydrogens is 272 g/mol. The number of nitrogens with zero attached hydrogens (tertiary/aromatic N) is 1. The Morgan fingerprint density at radius 2 is 1.95 bits per heavy atom. The van der Waals surface area contributed by atoms with Crippen LogP contribution in [0.4, 0.5) is 11.4 Å². The van der Waals surface area contributed by atoms with Gasteiger partial charge in [0.25, 0.3) is 0 Å². The Labute approximate surface area is 120 Å². The molecule has 1 saturated carbocycles. The van der Waals surface area contributed by atoms with Gasteiger partial charge < -0.3 is 10.6 Å². The van der Waals surface area contributed by atoms with Gasteiger partial charge in [0.15, 0.2) is 9.84 Å². The smallest absolute Gasteiger partial charge is 0.177 e. The number of anilines is 2. The topological polar surface area (TPSA) is 63.4 Å². The van der Waals surface area contributed by atoms with Crippen molar-refractivity contribution in [3.63, 3.8) is 0 Å². The molecule has 0 spiro atoms. The summed E-state index contributed by atoms with van der Waals surface area (Å²) < 4.78 is 23.6. The highest BCUT2D eigenvalue weighted by Gasteiger charge is 2.36. The van der Waals surface area contributed by atoms with E-state index < -0.39 is 9.84 Å². The molecule has 0 radical (unpaired) electrons. The monoisotopic (exact) mass is 294 g/mol. The normalized spacial score (nSPS) is 26.6. The summed E-state index contributed by atoms with van der Waals surface area (Å²) in [5.74, 6) is 0.755. The summed E-state index contributed by atoms with van der Waals surface area (Å²) in [5, 5.41) is 0. The lowest BCUT2D eigenvalue weighted by Gasteiger charge is -2.40. The average Bonchev–Trinajstić information content (AvgIpc) is 2.86. The van der Waals surface area contributed by atoms with Gasteiger partial charge >= 0.3 is 0 Å². The first-order chi connectivity index (χ1) is 9.48. The molecule has 1 heterocycles. The van der Waals surface area contributed by atoms with Crippen molar-refractivity contribution in [3.05, 3.63) is 18.2 Å². The molecule has 0 bridgehead atoms. The van der Waals surface area contributed by atoms with E-state index in [0.717, 1.165) is 18.2 Å². The minimum Gasteiger partial charge on any atom is -0.396 e. The molecule has 3 rings (SSSR count). The van der Waals surface area contributed by atoms with Crippen molar-refractivity contribution >= 4 is 21.2 Å². The molecule has 1 saturated heterocycles. The molecule has 1 aromatic carbocycles. The van der Waals surface area contributed by atoms with E-state index in [4.69, 9.17) is 5.73 Å². The largest absolute Gasteiger partial charge is 0.396 e. The van der Waals surface area contributed by atoms with E-state index in [2.05, 4.69) is 4.90 Å². The predicted molar refractivity (Wildman–Crippen MR) is 81.7 cm³/mol. The van der Waals surface area contributed by atoms with Crippen LogP contribution in [0.5, 0.6) is 0 Å². The third-order valence-corrected chi connectivity index (χ3v) is 5.90. The van der Waals surface area contributed by atoms with Gasteiger partial charge in [0, 0.05) is 18.8 Å². The number of piperidine rings is 1. The summed E-state index contributed by atoms with van der Waals surface area (Å²) >= 11 is 0. The van der Waals surface area contributed by atoms with Gasteiger partial charge in [0.1, 0.15) is 0 Å². The van der Waals surface area contributed by atoms with Crippen LogP contribution in [-0.4, -0.2) is 27.3 Å². The van der Waals surface area contributed by atoms with Crippen LogP contribution < -0.4 is 10.6 Å².